The van der Waals surface area contributed by atoms with Crippen LogP contribution in [0.3, 0.4) is 0 Å². The Hall–Kier alpha value is -1.39. The number of nitrogens with two attached hydrogens (primary N) is 1. The van der Waals surface area contributed by atoms with Gasteiger partial charge < -0.3 is 11.1 Å². The van der Waals surface area contributed by atoms with Crippen LogP contribution in [0.1, 0.15) is 102 Å². The van der Waals surface area contributed by atoms with Crippen molar-refractivity contribution in [3.63, 3.8) is 0 Å². The summed E-state index contributed by atoms with van der Waals surface area (Å²) in [5.74, 6) is 2.36. The summed E-state index contributed by atoms with van der Waals surface area (Å²) in [5.41, 5.74) is 5.87. The fourth-order valence-electron chi connectivity index (χ4n) is 3.49. The highest BCUT2D eigenvalue weighted by molar-refractivity contribution is 5.31. The summed E-state index contributed by atoms with van der Waals surface area (Å²) < 4.78 is 0. The van der Waals surface area contributed by atoms with E-state index in [0.717, 1.165) is 18.8 Å². The maximum Gasteiger partial charge on any atom is 0.227 e. The minimum Gasteiger partial charge on any atom is -0.368 e. The fourth-order valence-corrected chi connectivity index (χ4v) is 3.49. The first-order chi connectivity index (χ1) is 11.8. The predicted octanol–water partition coefficient (Wildman–Crippen LogP) is 5.05. The van der Waals surface area contributed by atoms with Crippen LogP contribution in [-0.4, -0.2) is 21.5 Å². The third-order valence-corrected chi connectivity index (χ3v) is 4.95. The predicted molar refractivity (Wildman–Crippen MR) is 101 cm³/mol. The molecule has 0 radical (unpaired) electrons. The molecule has 24 heavy (non-hydrogen) atoms. The van der Waals surface area contributed by atoms with Gasteiger partial charge in [-0.05, 0) is 19.3 Å². The Morgan fingerprint density at radius 2 is 1.54 bits per heavy atom. The van der Waals surface area contributed by atoms with Crippen molar-refractivity contribution in [2.45, 2.75) is 96.3 Å². The van der Waals surface area contributed by atoms with Crippen LogP contribution in [0, 0.1) is 0 Å². The van der Waals surface area contributed by atoms with E-state index in [9.17, 15) is 0 Å². The second kappa shape index (κ2) is 11.2. The first-order valence-electron chi connectivity index (χ1n) is 10.0. The van der Waals surface area contributed by atoms with E-state index in [0.29, 0.717) is 17.8 Å². The molecule has 0 saturated heterocycles. The van der Waals surface area contributed by atoms with Crippen LogP contribution in [-0.2, 0) is 0 Å². The quantitative estimate of drug-likeness (QED) is 0.554. The lowest BCUT2D eigenvalue weighted by Gasteiger charge is -2.20. The SMILES string of the molecule is CCCCCCCCCCNc1nc(N)nc(C2CCCCC2)n1. The van der Waals surface area contributed by atoms with Crippen molar-refractivity contribution >= 4 is 11.9 Å². The lowest BCUT2D eigenvalue weighted by atomic mass is 9.89. The molecule has 5 heteroatoms. The topological polar surface area (TPSA) is 76.7 Å². The maximum atomic E-state index is 5.87. The molecule has 0 unspecified atom stereocenters. The van der Waals surface area contributed by atoms with Crippen molar-refractivity contribution in [2.75, 3.05) is 17.6 Å². The average molecular weight is 334 g/mol. The van der Waals surface area contributed by atoms with Gasteiger partial charge in [-0.2, -0.15) is 15.0 Å². The number of unbranched alkanes of at least 4 members (excludes halogenated alkanes) is 7. The molecule has 1 saturated carbocycles. The van der Waals surface area contributed by atoms with Gasteiger partial charge in [-0.3, -0.25) is 0 Å². The summed E-state index contributed by atoms with van der Waals surface area (Å²) >= 11 is 0. The third kappa shape index (κ3) is 7.02. The molecule has 1 fully saturated rings. The Morgan fingerprint density at radius 3 is 2.25 bits per heavy atom. The van der Waals surface area contributed by atoms with Gasteiger partial charge in [0.2, 0.25) is 11.9 Å². The molecule has 1 aromatic rings. The number of nitrogens with one attached hydrogen (secondary N) is 1. The number of nitrogen functional groups attached to an aromatic ring is 1. The molecule has 0 amide bonds. The number of rotatable bonds is 11. The minimum absolute atomic E-state index is 0.351. The Labute approximate surface area is 147 Å². The van der Waals surface area contributed by atoms with E-state index in [1.54, 1.807) is 0 Å². The van der Waals surface area contributed by atoms with Gasteiger partial charge in [0, 0.05) is 12.5 Å². The molecule has 0 spiro atoms. The van der Waals surface area contributed by atoms with Gasteiger partial charge in [0.25, 0.3) is 0 Å². The van der Waals surface area contributed by atoms with Crippen molar-refractivity contribution in [1.29, 1.82) is 0 Å². The third-order valence-electron chi connectivity index (χ3n) is 4.95. The molecule has 5 nitrogen and oxygen atoms in total. The molecule has 1 heterocycles. The van der Waals surface area contributed by atoms with Crippen LogP contribution in [0.2, 0.25) is 0 Å². The van der Waals surface area contributed by atoms with Crippen LogP contribution < -0.4 is 11.1 Å². The molecule has 0 bridgehead atoms. The summed E-state index contributed by atoms with van der Waals surface area (Å²) in [5, 5.41) is 3.33. The van der Waals surface area contributed by atoms with Crippen molar-refractivity contribution in [1.82, 2.24) is 15.0 Å². The number of aromatic nitrogens is 3. The van der Waals surface area contributed by atoms with Gasteiger partial charge in [0.15, 0.2) is 0 Å². The van der Waals surface area contributed by atoms with Gasteiger partial charge in [-0.25, -0.2) is 0 Å². The summed E-state index contributed by atoms with van der Waals surface area (Å²) in [6.45, 7) is 3.18. The largest absolute Gasteiger partial charge is 0.368 e. The lowest BCUT2D eigenvalue weighted by Crippen LogP contribution is -2.14. The molecule has 0 atom stereocenters. The summed E-state index contributed by atoms with van der Waals surface area (Å²) in [6, 6.07) is 0. The standard InChI is InChI=1S/C19H35N5/c1-2-3-4-5-6-7-8-12-15-21-19-23-17(22-18(20)24-19)16-13-10-9-11-14-16/h16H,2-15H2,1H3,(H3,20,21,22,23,24). The van der Waals surface area contributed by atoms with E-state index in [2.05, 4.69) is 27.2 Å². The van der Waals surface area contributed by atoms with Crippen LogP contribution in [0.5, 0.6) is 0 Å². The number of hydrogen-bond donors (Lipinski definition) is 2. The maximum absolute atomic E-state index is 5.87. The molecular formula is C19H35N5. The summed E-state index contributed by atoms with van der Waals surface area (Å²) in [4.78, 5) is 13.2. The number of nitrogens with zero attached hydrogens (tertiary/aromatic N) is 3. The van der Waals surface area contributed by atoms with E-state index in [-0.39, 0.29) is 0 Å². The molecule has 136 valence electrons. The molecule has 0 aromatic carbocycles. The van der Waals surface area contributed by atoms with Crippen LogP contribution >= 0.6 is 0 Å². The van der Waals surface area contributed by atoms with E-state index in [4.69, 9.17) is 5.73 Å². The van der Waals surface area contributed by atoms with E-state index in [1.165, 1.54) is 77.0 Å². The smallest absolute Gasteiger partial charge is 0.227 e. The summed E-state index contributed by atoms with van der Waals surface area (Å²) in [6.07, 6.45) is 16.9. The highest BCUT2D eigenvalue weighted by Gasteiger charge is 2.19. The van der Waals surface area contributed by atoms with Crippen molar-refractivity contribution in [3.8, 4) is 0 Å². The zero-order valence-corrected chi connectivity index (χ0v) is 15.4. The zero-order valence-electron chi connectivity index (χ0n) is 15.4. The van der Waals surface area contributed by atoms with Gasteiger partial charge in [0.1, 0.15) is 5.82 Å². The van der Waals surface area contributed by atoms with Gasteiger partial charge in [-0.1, -0.05) is 71.1 Å². The van der Waals surface area contributed by atoms with Crippen molar-refractivity contribution in [3.05, 3.63) is 5.82 Å². The van der Waals surface area contributed by atoms with Crippen LogP contribution in [0.15, 0.2) is 0 Å². The molecule has 1 aliphatic carbocycles. The van der Waals surface area contributed by atoms with Gasteiger partial charge in [-0.15, -0.1) is 0 Å². The molecule has 0 aliphatic heterocycles. The van der Waals surface area contributed by atoms with Gasteiger partial charge in [0.05, 0.1) is 0 Å². The van der Waals surface area contributed by atoms with Crippen LogP contribution in [0.25, 0.3) is 0 Å². The van der Waals surface area contributed by atoms with Crippen molar-refractivity contribution < 1.29 is 0 Å². The zero-order chi connectivity index (χ0) is 17.0. The molecular weight excluding hydrogens is 298 g/mol. The highest BCUT2D eigenvalue weighted by atomic mass is 15.2. The van der Waals surface area contributed by atoms with Crippen LogP contribution in [0.4, 0.5) is 11.9 Å². The van der Waals surface area contributed by atoms with Crippen molar-refractivity contribution in [2.24, 2.45) is 0 Å². The summed E-state index contributed by atoms with van der Waals surface area (Å²) in [7, 11) is 0. The molecule has 2 rings (SSSR count). The van der Waals surface area contributed by atoms with Gasteiger partial charge >= 0.3 is 0 Å². The Morgan fingerprint density at radius 1 is 0.875 bits per heavy atom. The normalized spacial score (nSPS) is 15.5. The Bertz CT molecular complexity index is 457. The molecule has 3 N–H and O–H groups in total. The van der Waals surface area contributed by atoms with E-state index >= 15 is 0 Å². The second-order valence-corrected chi connectivity index (χ2v) is 7.11. The molecule has 1 aromatic heterocycles. The average Bonchev–Trinajstić information content (AvgIpc) is 2.60. The second-order valence-electron chi connectivity index (χ2n) is 7.11. The Kier molecular flexibility index (Phi) is 8.85. The minimum atomic E-state index is 0.351. The first kappa shape index (κ1) is 18.9. The monoisotopic (exact) mass is 333 g/mol. The first-order valence-corrected chi connectivity index (χ1v) is 10.0. The van der Waals surface area contributed by atoms with E-state index < -0.39 is 0 Å². The van der Waals surface area contributed by atoms with E-state index in [1.807, 2.05) is 0 Å². The lowest BCUT2D eigenvalue weighted by molar-refractivity contribution is 0.428. The Balaban J connectivity index is 1.66. The molecule has 1 aliphatic rings. The number of anilines is 2. The number of hydrogen-bond acceptors (Lipinski definition) is 5. The fraction of sp³-hybridized carbons (Fsp3) is 0.842. The highest BCUT2D eigenvalue weighted by Crippen LogP contribution is 2.31.